The molecule has 0 amide bonds. The van der Waals surface area contributed by atoms with Gasteiger partial charge in [-0.1, -0.05) is 34.1 Å². The molecule has 3 nitrogen and oxygen atoms in total. The van der Waals surface area contributed by atoms with Crippen molar-refractivity contribution in [2.75, 3.05) is 14.1 Å². The van der Waals surface area contributed by atoms with E-state index in [9.17, 15) is 0 Å². The van der Waals surface area contributed by atoms with Crippen molar-refractivity contribution in [2.45, 2.75) is 58.5 Å². The summed E-state index contributed by atoms with van der Waals surface area (Å²) in [5.74, 6) is 6.34. The molecule has 3 N–H and O–H groups in total. The molecule has 92 valence electrons. The van der Waals surface area contributed by atoms with E-state index in [-0.39, 0.29) is 5.54 Å². The molecule has 0 aromatic rings. The van der Waals surface area contributed by atoms with Gasteiger partial charge in [0.25, 0.3) is 0 Å². The van der Waals surface area contributed by atoms with E-state index in [0.29, 0.717) is 12.0 Å². The van der Waals surface area contributed by atoms with Crippen LogP contribution in [-0.4, -0.2) is 30.6 Å². The van der Waals surface area contributed by atoms with Crippen molar-refractivity contribution in [2.24, 2.45) is 11.8 Å². The molecule has 0 aliphatic carbocycles. The van der Waals surface area contributed by atoms with Gasteiger partial charge in [-0.2, -0.15) is 0 Å². The van der Waals surface area contributed by atoms with Crippen LogP contribution in [0.3, 0.4) is 0 Å². The normalized spacial score (nSPS) is 16.8. The van der Waals surface area contributed by atoms with Crippen molar-refractivity contribution in [3.05, 3.63) is 0 Å². The standard InChI is InChI=1S/C12H29N3/c1-7-10(4)11(14-13)12(8-2,9-3)15(5)6/h10-11,14H,7-9,13H2,1-6H3. The zero-order chi connectivity index (χ0) is 12.1. The van der Waals surface area contributed by atoms with E-state index in [1.165, 1.54) is 0 Å². The first-order chi connectivity index (χ1) is 6.99. The fourth-order valence-electron chi connectivity index (χ4n) is 2.69. The average Bonchev–Trinajstić information content (AvgIpc) is 2.24. The van der Waals surface area contributed by atoms with Crippen molar-refractivity contribution < 1.29 is 0 Å². The summed E-state index contributed by atoms with van der Waals surface area (Å²) in [7, 11) is 4.30. The van der Waals surface area contributed by atoms with Crippen LogP contribution < -0.4 is 11.3 Å². The topological polar surface area (TPSA) is 41.3 Å². The zero-order valence-electron chi connectivity index (χ0n) is 11.3. The lowest BCUT2D eigenvalue weighted by molar-refractivity contribution is 0.0620. The third-order valence-corrected chi connectivity index (χ3v) is 4.09. The maximum absolute atomic E-state index is 5.75. The molecule has 2 unspecified atom stereocenters. The Morgan fingerprint density at radius 3 is 1.87 bits per heavy atom. The van der Waals surface area contributed by atoms with Crippen molar-refractivity contribution in [3.63, 3.8) is 0 Å². The van der Waals surface area contributed by atoms with Crippen molar-refractivity contribution in [1.82, 2.24) is 10.3 Å². The molecule has 0 aliphatic heterocycles. The van der Waals surface area contributed by atoms with Crippen LogP contribution in [0.5, 0.6) is 0 Å². The van der Waals surface area contributed by atoms with E-state index in [1.807, 2.05) is 0 Å². The van der Waals surface area contributed by atoms with E-state index in [4.69, 9.17) is 5.84 Å². The quantitative estimate of drug-likeness (QED) is 0.504. The molecule has 0 fully saturated rings. The number of nitrogens with one attached hydrogen (secondary N) is 1. The third kappa shape index (κ3) is 2.92. The lowest BCUT2D eigenvalue weighted by atomic mass is 9.77. The van der Waals surface area contributed by atoms with Crippen LogP contribution >= 0.6 is 0 Å². The molecule has 2 atom stereocenters. The first-order valence-corrected chi connectivity index (χ1v) is 6.13. The average molecular weight is 215 g/mol. The van der Waals surface area contributed by atoms with Crippen molar-refractivity contribution in [3.8, 4) is 0 Å². The Bertz CT molecular complexity index is 164. The smallest absolute Gasteiger partial charge is 0.0419 e. The SMILES string of the molecule is CCC(C)C(NN)C(CC)(CC)N(C)C. The number of hydrogen-bond donors (Lipinski definition) is 2. The van der Waals surface area contributed by atoms with Crippen molar-refractivity contribution in [1.29, 1.82) is 0 Å². The molecule has 0 saturated heterocycles. The minimum absolute atomic E-state index is 0.171. The highest BCUT2D eigenvalue weighted by Crippen LogP contribution is 2.30. The molecule has 0 spiro atoms. The van der Waals surface area contributed by atoms with Gasteiger partial charge in [0.1, 0.15) is 0 Å². The molecule has 0 heterocycles. The van der Waals surface area contributed by atoms with Gasteiger partial charge in [0.2, 0.25) is 0 Å². The van der Waals surface area contributed by atoms with E-state index in [2.05, 4.69) is 52.1 Å². The Labute approximate surface area is 95.4 Å². The molecule has 0 rings (SSSR count). The fourth-order valence-corrected chi connectivity index (χ4v) is 2.69. The number of nitrogens with zero attached hydrogens (tertiary/aromatic N) is 1. The summed E-state index contributed by atoms with van der Waals surface area (Å²) in [5.41, 5.74) is 3.21. The first kappa shape index (κ1) is 14.9. The Hall–Kier alpha value is -0.120. The number of hydrazine groups is 1. The van der Waals surface area contributed by atoms with Crippen molar-refractivity contribution >= 4 is 0 Å². The molecule has 0 aliphatic rings. The van der Waals surface area contributed by atoms with Crippen LogP contribution in [0.25, 0.3) is 0 Å². The summed E-state index contributed by atoms with van der Waals surface area (Å²) in [6.07, 6.45) is 3.40. The summed E-state index contributed by atoms with van der Waals surface area (Å²) < 4.78 is 0. The zero-order valence-corrected chi connectivity index (χ0v) is 11.3. The van der Waals surface area contributed by atoms with Gasteiger partial charge in [0, 0.05) is 11.6 Å². The molecule has 0 aromatic heterocycles. The lowest BCUT2D eigenvalue weighted by Gasteiger charge is -2.47. The largest absolute Gasteiger partial charge is 0.302 e. The van der Waals surface area contributed by atoms with Gasteiger partial charge in [0.05, 0.1) is 0 Å². The summed E-state index contributed by atoms with van der Waals surface area (Å²) in [6, 6.07) is 0.354. The van der Waals surface area contributed by atoms with Gasteiger partial charge in [-0.3, -0.25) is 11.3 Å². The molecule has 0 saturated carbocycles. The Balaban J connectivity index is 5.00. The van der Waals surface area contributed by atoms with E-state index in [1.54, 1.807) is 0 Å². The number of hydrogen-bond acceptors (Lipinski definition) is 3. The van der Waals surface area contributed by atoms with Crippen LogP contribution in [0, 0.1) is 5.92 Å². The fraction of sp³-hybridized carbons (Fsp3) is 1.00. The second kappa shape index (κ2) is 6.46. The van der Waals surface area contributed by atoms with Crippen LogP contribution in [-0.2, 0) is 0 Å². The van der Waals surface area contributed by atoms with Gasteiger partial charge in [-0.15, -0.1) is 0 Å². The summed E-state index contributed by atoms with van der Waals surface area (Å²) >= 11 is 0. The Morgan fingerprint density at radius 2 is 1.67 bits per heavy atom. The molecular weight excluding hydrogens is 186 g/mol. The highest BCUT2D eigenvalue weighted by atomic mass is 15.3. The van der Waals surface area contributed by atoms with Gasteiger partial charge in [-0.05, 0) is 32.9 Å². The minimum Gasteiger partial charge on any atom is -0.302 e. The monoisotopic (exact) mass is 215 g/mol. The molecule has 0 aromatic carbocycles. The van der Waals surface area contributed by atoms with Gasteiger partial charge in [-0.25, -0.2) is 0 Å². The predicted octanol–water partition coefficient (Wildman–Crippen LogP) is 1.98. The summed E-state index contributed by atoms with van der Waals surface area (Å²) in [6.45, 7) is 8.99. The lowest BCUT2D eigenvalue weighted by Crippen LogP contribution is -2.62. The van der Waals surface area contributed by atoms with E-state index >= 15 is 0 Å². The van der Waals surface area contributed by atoms with Crippen LogP contribution in [0.1, 0.15) is 47.0 Å². The van der Waals surface area contributed by atoms with Crippen LogP contribution in [0.2, 0.25) is 0 Å². The van der Waals surface area contributed by atoms with Gasteiger partial charge in [0.15, 0.2) is 0 Å². The Morgan fingerprint density at radius 1 is 1.20 bits per heavy atom. The predicted molar refractivity (Wildman–Crippen MR) is 67.6 cm³/mol. The number of nitrogens with two attached hydrogens (primary N) is 1. The second-order valence-electron chi connectivity index (χ2n) is 4.73. The molecule has 15 heavy (non-hydrogen) atoms. The molecular formula is C12H29N3. The maximum Gasteiger partial charge on any atom is 0.0419 e. The highest BCUT2D eigenvalue weighted by molar-refractivity contribution is 4.98. The first-order valence-electron chi connectivity index (χ1n) is 6.13. The number of rotatable bonds is 7. The Kier molecular flexibility index (Phi) is 6.41. The maximum atomic E-state index is 5.75. The molecule has 3 heteroatoms. The van der Waals surface area contributed by atoms with Gasteiger partial charge >= 0.3 is 0 Å². The molecule has 0 bridgehead atoms. The van der Waals surface area contributed by atoms with E-state index < -0.39 is 0 Å². The van der Waals surface area contributed by atoms with Crippen LogP contribution in [0.15, 0.2) is 0 Å². The molecule has 0 radical (unpaired) electrons. The van der Waals surface area contributed by atoms with Gasteiger partial charge < -0.3 is 4.90 Å². The highest BCUT2D eigenvalue weighted by Gasteiger charge is 2.39. The second-order valence-corrected chi connectivity index (χ2v) is 4.73. The summed E-state index contributed by atoms with van der Waals surface area (Å²) in [4.78, 5) is 2.32. The third-order valence-electron chi connectivity index (χ3n) is 4.09. The number of likely N-dealkylation sites (N-methyl/N-ethyl adjacent to an activating group) is 1. The van der Waals surface area contributed by atoms with E-state index in [0.717, 1.165) is 19.3 Å². The van der Waals surface area contributed by atoms with Crippen LogP contribution in [0.4, 0.5) is 0 Å². The minimum atomic E-state index is 0.171. The summed E-state index contributed by atoms with van der Waals surface area (Å²) in [5, 5.41) is 0.